The molecule has 3 aromatic rings. The van der Waals surface area contributed by atoms with E-state index in [1.165, 1.54) is 0 Å². The predicted octanol–water partition coefficient (Wildman–Crippen LogP) is 3.67. The van der Waals surface area contributed by atoms with E-state index in [0.29, 0.717) is 24.3 Å². The first-order valence-electron chi connectivity index (χ1n) is 11.3. The van der Waals surface area contributed by atoms with E-state index >= 15 is 0 Å². The van der Waals surface area contributed by atoms with Crippen molar-refractivity contribution in [2.75, 3.05) is 25.0 Å². The SMILES string of the molecule is Cc1ccc(NC(=O)N2CCN(C(=O)c3ccccc3)C(C(=O)NCc3ccccc3)C2)cc1. The molecule has 0 radical (unpaired) electrons. The highest BCUT2D eigenvalue weighted by Crippen LogP contribution is 2.17. The lowest BCUT2D eigenvalue weighted by atomic mass is 10.1. The van der Waals surface area contributed by atoms with Crippen molar-refractivity contribution in [3.63, 3.8) is 0 Å². The van der Waals surface area contributed by atoms with Gasteiger partial charge in [-0.25, -0.2) is 4.79 Å². The smallest absolute Gasteiger partial charge is 0.321 e. The predicted molar refractivity (Wildman–Crippen MR) is 131 cm³/mol. The normalized spacial score (nSPS) is 15.5. The first kappa shape index (κ1) is 23.0. The van der Waals surface area contributed by atoms with E-state index in [0.717, 1.165) is 11.1 Å². The standard InChI is InChI=1S/C27H28N4O3/c1-20-12-14-23(15-13-20)29-27(34)30-16-17-31(26(33)22-10-6-3-7-11-22)24(19-30)25(32)28-18-21-8-4-2-5-9-21/h2-15,24H,16-19H2,1H3,(H,28,32)(H,29,34). The van der Waals surface area contributed by atoms with Crippen LogP contribution in [0.15, 0.2) is 84.9 Å². The largest absolute Gasteiger partial charge is 0.350 e. The fourth-order valence-electron chi connectivity index (χ4n) is 3.92. The molecule has 0 aliphatic carbocycles. The Hall–Kier alpha value is -4.13. The third kappa shape index (κ3) is 5.61. The van der Waals surface area contributed by atoms with Crippen LogP contribution in [0.25, 0.3) is 0 Å². The van der Waals surface area contributed by atoms with Gasteiger partial charge in [-0.05, 0) is 36.8 Å². The van der Waals surface area contributed by atoms with Crippen molar-refractivity contribution in [2.45, 2.75) is 19.5 Å². The van der Waals surface area contributed by atoms with Crippen LogP contribution in [-0.4, -0.2) is 53.3 Å². The van der Waals surface area contributed by atoms with Gasteiger partial charge in [-0.2, -0.15) is 0 Å². The van der Waals surface area contributed by atoms with E-state index in [2.05, 4.69) is 10.6 Å². The van der Waals surface area contributed by atoms with Crippen LogP contribution in [0.2, 0.25) is 0 Å². The van der Waals surface area contributed by atoms with Crippen LogP contribution >= 0.6 is 0 Å². The number of carbonyl (C=O) groups excluding carboxylic acids is 3. The number of benzene rings is 3. The average molecular weight is 457 g/mol. The zero-order chi connectivity index (χ0) is 23.9. The molecule has 34 heavy (non-hydrogen) atoms. The van der Waals surface area contributed by atoms with Gasteiger partial charge in [0.1, 0.15) is 6.04 Å². The lowest BCUT2D eigenvalue weighted by molar-refractivity contribution is -0.127. The number of anilines is 1. The summed E-state index contributed by atoms with van der Waals surface area (Å²) in [6.45, 7) is 3.03. The molecule has 0 aromatic heterocycles. The summed E-state index contributed by atoms with van der Waals surface area (Å²) < 4.78 is 0. The van der Waals surface area contributed by atoms with Gasteiger partial charge in [0.15, 0.2) is 0 Å². The second-order valence-corrected chi connectivity index (χ2v) is 8.33. The maximum Gasteiger partial charge on any atom is 0.321 e. The minimum absolute atomic E-state index is 0.108. The maximum atomic E-state index is 13.2. The van der Waals surface area contributed by atoms with Crippen LogP contribution in [0, 0.1) is 6.92 Å². The zero-order valence-corrected chi connectivity index (χ0v) is 19.1. The Balaban J connectivity index is 1.49. The summed E-state index contributed by atoms with van der Waals surface area (Å²) in [5.74, 6) is -0.514. The van der Waals surface area contributed by atoms with E-state index in [4.69, 9.17) is 0 Å². The van der Waals surface area contributed by atoms with Gasteiger partial charge in [-0.15, -0.1) is 0 Å². The fraction of sp³-hybridized carbons (Fsp3) is 0.222. The summed E-state index contributed by atoms with van der Waals surface area (Å²) in [6, 6.07) is 24.9. The Bertz CT molecular complexity index is 1130. The van der Waals surface area contributed by atoms with Crippen molar-refractivity contribution in [1.29, 1.82) is 0 Å². The Morgan fingerprint density at radius 2 is 1.50 bits per heavy atom. The molecular formula is C27H28N4O3. The van der Waals surface area contributed by atoms with Gasteiger partial charge in [-0.3, -0.25) is 9.59 Å². The van der Waals surface area contributed by atoms with Crippen molar-refractivity contribution >= 4 is 23.5 Å². The number of nitrogens with zero attached hydrogens (tertiary/aromatic N) is 2. The number of urea groups is 1. The topological polar surface area (TPSA) is 81.8 Å². The number of hydrogen-bond donors (Lipinski definition) is 2. The molecule has 1 heterocycles. The number of amides is 4. The molecule has 1 aliphatic rings. The van der Waals surface area contributed by atoms with Crippen LogP contribution in [0.3, 0.4) is 0 Å². The average Bonchev–Trinajstić information content (AvgIpc) is 2.89. The highest BCUT2D eigenvalue weighted by Gasteiger charge is 2.37. The molecule has 0 saturated carbocycles. The van der Waals surface area contributed by atoms with Crippen molar-refractivity contribution < 1.29 is 14.4 Å². The summed E-state index contributed by atoms with van der Waals surface area (Å²) in [4.78, 5) is 42.5. The number of piperazine rings is 1. The molecule has 7 nitrogen and oxygen atoms in total. The van der Waals surface area contributed by atoms with Crippen molar-refractivity contribution in [3.8, 4) is 0 Å². The van der Waals surface area contributed by atoms with E-state index in [1.807, 2.05) is 67.6 Å². The van der Waals surface area contributed by atoms with Gasteiger partial charge in [0.25, 0.3) is 5.91 Å². The summed E-state index contributed by atoms with van der Waals surface area (Å²) in [5.41, 5.74) is 3.26. The van der Waals surface area contributed by atoms with Gasteiger partial charge in [-0.1, -0.05) is 66.2 Å². The number of carbonyl (C=O) groups is 3. The summed E-state index contributed by atoms with van der Waals surface area (Å²) in [5, 5.41) is 5.81. The molecule has 7 heteroatoms. The van der Waals surface area contributed by atoms with Gasteiger partial charge in [0.05, 0.1) is 6.54 Å². The van der Waals surface area contributed by atoms with Gasteiger partial charge in [0, 0.05) is 30.9 Å². The first-order valence-corrected chi connectivity index (χ1v) is 11.3. The van der Waals surface area contributed by atoms with Gasteiger partial charge < -0.3 is 20.4 Å². The van der Waals surface area contributed by atoms with E-state index in [1.54, 1.807) is 34.1 Å². The fourth-order valence-corrected chi connectivity index (χ4v) is 3.92. The van der Waals surface area contributed by atoms with E-state index in [9.17, 15) is 14.4 Å². The third-order valence-electron chi connectivity index (χ3n) is 5.86. The summed E-state index contributed by atoms with van der Waals surface area (Å²) in [7, 11) is 0. The minimum Gasteiger partial charge on any atom is -0.350 e. The molecule has 4 rings (SSSR count). The first-order chi connectivity index (χ1) is 16.5. The van der Waals surface area contributed by atoms with Crippen molar-refractivity contribution in [2.24, 2.45) is 0 Å². The molecule has 174 valence electrons. The number of aryl methyl sites for hydroxylation is 1. The van der Waals surface area contributed by atoms with Crippen LogP contribution in [0.1, 0.15) is 21.5 Å². The summed E-state index contributed by atoms with van der Waals surface area (Å²) in [6.07, 6.45) is 0. The molecule has 1 fully saturated rings. The molecular weight excluding hydrogens is 428 g/mol. The zero-order valence-electron chi connectivity index (χ0n) is 19.1. The molecule has 3 aromatic carbocycles. The Morgan fingerprint density at radius 1 is 0.853 bits per heavy atom. The van der Waals surface area contributed by atoms with E-state index < -0.39 is 6.04 Å². The Labute approximate surface area is 199 Å². The monoisotopic (exact) mass is 456 g/mol. The van der Waals surface area contributed by atoms with Crippen LogP contribution < -0.4 is 10.6 Å². The highest BCUT2D eigenvalue weighted by atomic mass is 16.2. The molecule has 1 saturated heterocycles. The second-order valence-electron chi connectivity index (χ2n) is 8.33. The lowest BCUT2D eigenvalue weighted by Crippen LogP contribution is -2.62. The number of hydrogen-bond acceptors (Lipinski definition) is 3. The van der Waals surface area contributed by atoms with Crippen molar-refractivity contribution in [3.05, 3.63) is 102 Å². The number of nitrogens with one attached hydrogen (secondary N) is 2. The lowest BCUT2D eigenvalue weighted by Gasteiger charge is -2.40. The molecule has 1 aliphatic heterocycles. The van der Waals surface area contributed by atoms with Crippen LogP contribution in [0.4, 0.5) is 10.5 Å². The molecule has 0 spiro atoms. The van der Waals surface area contributed by atoms with Crippen LogP contribution in [0.5, 0.6) is 0 Å². The maximum absolute atomic E-state index is 13.2. The number of rotatable bonds is 5. The van der Waals surface area contributed by atoms with Gasteiger partial charge in [0.2, 0.25) is 5.91 Å². The molecule has 2 N–H and O–H groups in total. The highest BCUT2D eigenvalue weighted by molar-refractivity contribution is 5.98. The molecule has 4 amide bonds. The van der Waals surface area contributed by atoms with E-state index in [-0.39, 0.29) is 30.9 Å². The Kier molecular flexibility index (Phi) is 7.22. The van der Waals surface area contributed by atoms with Crippen molar-refractivity contribution in [1.82, 2.24) is 15.1 Å². The third-order valence-corrected chi connectivity index (χ3v) is 5.86. The molecule has 0 bridgehead atoms. The second kappa shape index (κ2) is 10.7. The minimum atomic E-state index is -0.797. The Morgan fingerprint density at radius 3 is 2.18 bits per heavy atom. The molecule has 1 atom stereocenters. The van der Waals surface area contributed by atoms with Crippen LogP contribution in [-0.2, 0) is 11.3 Å². The summed E-state index contributed by atoms with van der Waals surface area (Å²) >= 11 is 0. The quantitative estimate of drug-likeness (QED) is 0.615. The molecule has 1 unspecified atom stereocenters. The van der Waals surface area contributed by atoms with Gasteiger partial charge >= 0.3 is 6.03 Å².